The van der Waals surface area contributed by atoms with Crippen molar-refractivity contribution in [2.24, 2.45) is 11.8 Å². The fourth-order valence-electron chi connectivity index (χ4n) is 2.65. The number of likely N-dealkylation sites (N-methyl/N-ethyl adjacent to an activating group) is 2. The highest BCUT2D eigenvalue weighted by Gasteiger charge is 2.11. The van der Waals surface area contributed by atoms with Gasteiger partial charge in [-0.2, -0.15) is 0 Å². The molecule has 0 aliphatic carbocycles. The van der Waals surface area contributed by atoms with Crippen molar-refractivity contribution in [2.45, 2.75) is 34.6 Å². The highest BCUT2D eigenvalue weighted by molar-refractivity contribution is 5.97. The van der Waals surface area contributed by atoms with Gasteiger partial charge in [0, 0.05) is 43.3 Å². The van der Waals surface area contributed by atoms with E-state index in [4.69, 9.17) is 0 Å². The monoisotopic (exact) mass is 304 g/mol. The number of benzene rings is 1. The molecule has 22 heavy (non-hydrogen) atoms. The number of anilines is 1. The Morgan fingerprint density at radius 2 is 1.64 bits per heavy atom. The first-order chi connectivity index (χ1) is 10.3. The third-order valence-corrected chi connectivity index (χ3v) is 3.85. The molecule has 0 heterocycles. The van der Waals surface area contributed by atoms with E-state index in [-0.39, 0.29) is 11.7 Å². The highest BCUT2D eigenvalue weighted by atomic mass is 16.1. The molecule has 0 spiro atoms. The molecular weight excluding hydrogens is 272 g/mol. The van der Waals surface area contributed by atoms with Crippen molar-refractivity contribution in [1.82, 2.24) is 4.90 Å². The van der Waals surface area contributed by atoms with Crippen molar-refractivity contribution in [1.29, 1.82) is 0 Å². The molecular formula is C19H32N2O. The SMILES string of the molecule is CCN(CCN(C)CC(C)C)c1ccc(C(=O)C(C)C)cc1. The minimum Gasteiger partial charge on any atom is -0.371 e. The fourth-order valence-corrected chi connectivity index (χ4v) is 2.65. The lowest BCUT2D eigenvalue weighted by atomic mass is 10.0. The van der Waals surface area contributed by atoms with Gasteiger partial charge in [-0.25, -0.2) is 0 Å². The van der Waals surface area contributed by atoms with Crippen LogP contribution in [0.5, 0.6) is 0 Å². The molecule has 124 valence electrons. The summed E-state index contributed by atoms with van der Waals surface area (Å²) < 4.78 is 0. The Kier molecular flexibility index (Phi) is 7.60. The molecule has 0 aliphatic heterocycles. The van der Waals surface area contributed by atoms with Gasteiger partial charge >= 0.3 is 0 Å². The lowest BCUT2D eigenvalue weighted by Gasteiger charge is -2.27. The Labute approximate surface area is 136 Å². The molecule has 0 unspecified atom stereocenters. The number of Topliss-reactive ketones (excluding diaryl/α,β-unsaturated/α-hetero) is 1. The summed E-state index contributed by atoms with van der Waals surface area (Å²) in [7, 11) is 2.18. The van der Waals surface area contributed by atoms with Gasteiger partial charge in [0.05, 0.1) is 0 Å². The molecule has 0 atom stereocenters. The number of carbonyl (C=O) groups is 1. The van der Waals surface area contributed by atoms with Crippen LogP contribution in [0.25, 0.3) is 0 Å². The van der Waals surface area contributed by atoms with Gasteiger partial charge < -0.3 is 9.80 Å². The highest BCUT2D eigenvalue weighted by Crippen LogP contribution is 2.17. The molecule has 1 rings (SSSR count). The van der Waals surface area contributed by atoms with E-state index in [1.165, 1.54) is 5.69 Å². The smallest absolute Gasteiger partial charge is 0.165 e. The van der Waals surface area contributed by atoms with Crippen LogP contribution in [0.15, 0.2) is 24.3 Å². The topological polar surface area (TPSA) is 23.6 Å². The molecule has 1 aromatic rings. The zero-order valence-electron chi connectivity index (χ0n) is 15.1. The largest absolute Gasteiger partial charge is 0.371 e. The van der Waals surface area contributed by atoms with Gasteiger partial charge in [0.1, 0.15) is 0 Å². The number of nitrogens with zero attached hydrogens (tertiary/aromatic N) is 2. The zero-order chi connectivity index (χ0) is 16.7. The number of rotatable bonds is 9. The molecule has 0 radical (unpaired) electrons. The summed E-state index contributed by atoms with van der Waals surface area (Å²) >= 11 is 0. The normalized spacial score (nSPS) is 11.5. The summed E-state index contributed by atoms with van der Waals surface area (Å²) in [6.07, 6.45) is 0. The standard InChI is InChI=1S/C19H32N2O/c1-7-21(13-12-20(6)14-15(2)3)18-10-8-17(9-11-18)19(22)16(4)5/h8-11,15-16H,7,12-14H2,1-6H3. The van der Waals surface area contributed by atoms with Crippen LogP contribution in [0.1, 0.15) is 45.0 Å². The number of hydrogen-bond donors (Lipinski definition) is 0. The second-order valence-electron chi connectivity index (χ2n) is 6.80. The van der Waals surface area contributed by atoms with Crippen molar-refractivity contribution in [2.75, 3.05) is 38.1 Å². The van der Waals surface area contributed by atoms with Crippen LogP contribution in [0.3, 0.4) is 0 Å². The van der Waals surface area contributed by atoms with E-state index in [9.17, 15) is 4.79 Å². The minimum atomic E-state index is 0.0535. The van der Waals surface area contributed by atoms with Crippen LogP contribution >= 0.6 is 0 Å². The van der Waals surface area contributed by atoms with E-state index in [0.29, 0.717) is 5.92 Å². The van der Waals surface area contributed by atoms with E-state index < -0.39 is 0 Å². The Morgan fingerprint density at radius 3 is 2.09 bits per heavy atom. The van der Waals surface area contributed by atoms with Crippen molar-refractivity contribution >= 4 is 11.5 Å². The summed E-state index contributed by atoms with van der Waals surface area (Å²) in [6.45, 7) is 14.7. The molecule has 1 aromatic carbocycles. The maximum absolute atomic E-state index is 12.0. The number of ketones is 1. The van der Waals surface area contributed by atoms with Gasteiger partial charge in [0.2, 0.25) is 0 Å². The van der Waals surface area contributed by atoms with Crippen molar-refractivity contribution < 1.29 is 4.79 Å². The zero-order valence-corrected chi connectivity index (χ0v) is 15.1. The molecule has 0 aliphatic rings. The molecule has 0 N–H and O–H groups in total. The average molecular weight is 304 g/mol. The number of carbonyl (C=O) groups excluding carboxylic acids is 1. The fraction of sp³-hybridized carbons (Fsp3) is 0.632. The molecule has 0 fully saturated rings. The van der Waals surface area contributed by atoms with Crippen LogP contribution in [0.4, 0.5) is 5.69 Å². The average Bonchev–Trinajstić information content (AvgIpc) is 2.47. The Morgan fingerprint density at radius 1 is 1.05 bits per heavy atom. The molecule has 3 heteroatoms. The van der Waals surface area contributed by atoms with E-state index >= 15 is 0 Å². The van der Waals surface area contributed by atoms with Crippen LogP contribution in [0.2, 0.25) is 0 Å². The van der Waals surface area contributed by atoms with E-state index in [1.54, 1.807) is 0 Å². The van der Waals surface area contributed by atoms with E-state index in [2.05, 4.69) is 49.8 Å². The Balaban J connectivity index is 2.65. The second kappa shape index (κ2) is 8.94. The molecule has 0 saturated carbocycles. The van der Waals surface area contributed by atoms with Crippen molar-refractivity contribution in [3.05, 3.63) is 29.8 Å². The summed E-state index contributed by atoms with van der Waals surface area (Å²) in [5, 5.41) is 0. The van der Waals surface area contributed by atoms with E-state index in [1.807, 2.05) is 26.0 Å². The summed E-state index contributed by atoms with van der Waals surface area (Å²) in [4.78, 5) is 16.7. The maximum atomic E-state index is 12.0. The first-order valence-corrected chi connectivity index (χ1v) is 8.42. The van der Waals surface area contributed by atoms with E-state index in [0.717, 1.165) is 31.7 Å². The van der Waals surface area contributed by atoms with Gasteiger partial charge in [-0.3, -0.25) is 4.79 Å². The molecule has 3 nitrogen and oxygen atoms in total. The molecule has 0 amide bonds. The quantitative estimate of drug-likeness (QED) is 0.646. The number of hydrogen-bond acceptors (Lipinski definition) is 3. The first kappa shape index (κ1) is 18.7. The van der Waals surface area contributed by atoms with Crippen molar-refractivity contribution in [3.8, 4) is 0 Å². The third kappa shape index (κ3) is 5.80. The first-order valence-electron chi connectivity index (χ1n) is 8.42. The summed E-state index contributed by atoms with van der Waals surface area (Å²) in [6, 6.07) is 8.05. The molecule has 0 aromatic heterocycles. The lowest BCUT2D eigenvalue weighted by molar-refractivity contribution is 0.0939. The second-order valence-corrected chi connectivity index (χ2v) is 6.80. The third-order valence-electron chi connectivity index (χ3n) is 3.85. The minimum absolute atomic E-state index is 0.0535. The van der Waals surface area contributed by atoms with Crippen LogP contribution in [-0.4, -0.2) is 43.9 Å². The van der Waals surface area contributed by atoms with Crippen LogP contribution < -0.4 is 4.90 Å². The van der Waals surface area contributed by atoms with Crippen LogP contribution in [0, 0.1) is 11.8 Å². The Hall–Kier alpha value is -1.35. The summed E-state index contributed by atoms with van der Waals surface area (Å²) in [5.41, 5.74) is 2.01. The van der Waals surface area contributed by atoms with Gasteiger partial charge in [0.25, 0.3) is 0 Å². The van der Waals surface area contributed by atoms with Gasteiger partial charge in [-0.05, 0) is 44.2 Å². The predicted octanol–water partition coefficient (Wildman–Crippen LogP) is 3.94. The predicted molar refractivity (Wildman–Crippen MR) is 95.8 cm³/mol. The Bertz CT molecular complexity index is 451. The van der Waals surface area contributed by atoms with Gasteiger partial charge in [0.15, 0.2) is 5.78 Å². The lowest BCUT2D eigenvalue weighted by Crippen LogP contribution is -2.34. The van der Waals surface area contributed by atoms with Gasteiger partial charge in [-0.15, -0.1) is 0 Å². The van der Waals surface area contributed by atoms with Crippen LogP contribution in [-0.2, 0) is 0 Å². The molecule has 0 saturated heterocycles. The maximum Gasteiger partial charge on any atom is 0.165 e. The molecule has 0 bridgehead atoms. The van der Waals surface area contributed by atoms with Crippen molar-refractivity contribution in [3.63, 3.8) is 0 Å². The summed E-state index contributed by atoms with van der Waals surface area (Å²) in [5.74, 6) is 0.963. The van der Waals surface area contributed by atoms with Gasteiger partial charge in [-0.1, -0.05) is 27.7 Å².